The number of benzene rings is 1. The van der Waals surface area contributed by atoms with Gasteiger partial charge in [0.05, 0.1) is 0 Å². The monoisotopic (exact) mass is 252 g/mol. The fourth-order valence-corrected chi connectivity index (χ4v) is 1.23. The number of aromatic hydroxyl groups is 1. The molecule has 0 aliphatic heterocycles. The Morgan fingerprint density at radius 3 is 2.61 bits per heavy atom. The van der Waals surface area contributed by atoms with E-state index in [0.717, 1.165) is 0 Å². The quantitative estimate of drug-likeness (QED) is 0.654. The van der Waals surface area contributed by atoms with E-state index < -0.39 is 11.6 Å². The second-order valence-electron chi connectivity index (χ2n) is 4.72. The molecule has 0 fully saturated rings. The second kappa shape index (κ2) is 5.53. The first kappa shape index (κ1) is 14.0. The molecule has 0 amide bonds. The predicted octanol–water partition coefficient (Wildman–Crippen LogP) is 1.93. The molecule has 0 saturated carbocycles. The van der Waals surface area contributed by atoms with E-state index in [9.17, 15) is 14.7 Å². The first-order valence-corrected chi connectivity index (χ1v) is 5.44. The van der Waals surface area contributed by atoms with Crippen LogP contribution >= 0.6 is 0 Å². The molecule has 0 aliphatic carbocycles. The number of aldehydes is 1. The Bertz CT molecular complexity index is 445. The van der Waals surface area contributed by atoms with Crippen molar-refractivity contribution in [2.75, 3.05) is 6.61 Å². The Kier molecular flexibility index (Phi) is 4.31. The average molecular weight is 252 g/mol. The van der Waals surface area contributed by atoms with E-state index in [1.54, 1.807) is 20.8 Å². The topological polar surface area (TPSA) is 72.8 Å². The second-order valence-corrected chi connectivity index (χ2v) is 4.72. The SMILES string of the molecule is CC(C)(C)OC(=O)COc1cc(C=O)ccc1O. The lowest BCUT2D eigenvalue weighted by atomic mass is 10.2. The van der Waals surface area contributed by atoms with Crippen molar-refractivity contribution >= 4 is 12.3 Å². The van der Waals surface area contributed by atoms with Gasteiger partial charge in [0.1, 0.15) is 11.9 Å². The van der Waals surface area contributed by atoms with Crippen LogP contribution in [0.15, 0.2) is 18.2 Å². The van der Waals surface area contributed by atoms with E-state index in [-0.39, 0.29) is 18.1 Å². The van der Waals surface area contributed by atoms with E-state index >= 15 is 0 Å². The van der Waals surface area contributed by atoms with Gasteiger partial charge in [-0.05, 0) is 39.0 Å². The Labute approximate surface area is 105 Å². The van der Waals surface area contributed by atoms with Gasteiger partial charge in [0.15, 0.2) is 18.1 Å². The van der Waals surface area contributed by atoms with Crippen molar-refractivity contribution in [3.05, 3.63) is 23.8 Å². The van der Waals surface area contributed by atoms with E-state index in [1.165, 1.54) is 18.2 Å². The molecule has 0 atom stereocenters. The molecule has 0 heterocycles. The molecule has 1 aromatic rings. The molecule has 0 spiro atoms. The molecule has 1 aromatic carbocycles. The van der Waals surface area contributed by atoms with Crippen LogP contribution in [0.1, 0.15) is 31.1 Å². The number of phenols is 1. The summed E-state index contributed by atoms with van der Waals surface area (Å²) in [6.07, 6.45) is 0.625. The fourth-order valence-electron chi connectivity index (χ4n) is 1.23. The number of carbonyl (C=O) groups excluding carboxylic acids is 2. The van der Waals surface area contributed by atoms with Crippen LogP contribution in [-0.2, 0) is 9.53 Å². The van der Waals surface area contributed by atoms with Gasteiger partial charge in [0, 0.05) is 5.56 Å². The van der Waals surface area contributed by atoms with Gasteiger partial charge < -0.3 is 14.6 Å². The average Bonchev–Trinajstić information content (AvgIpc) is 2.25. The smallest absolute Gasteiger partial charge is 0.344 e. The third-order valence-electron chi connectivity index (χ3n) is 1.89. The van der Waals surface area contributed by atoms with Gasteiger partial charge in [-0.25, -0.2) is 4.79 Å². The zero-order valence-corrected chi connectivity index (χ0v) is 10.6. The highest BCUT2D eigenvalue weighted by Gasteiger charge is 2.17. The maximum absolute atomic E-state index is 11.4. The Balaban J connectivity index is 2.63. The van der Waals surface area contributed by atoms with Crippen molar-refractivity contribution in [2.24, 2.45) is 0 Å². The molecule has 98 valence electrons. The lowest BCUT2D eigenvalue weighted by Gasteiger charge is -2.19. The van der Waals surface area contributed by atoms with Gasteiger partial charge in [-0.15, -0.1) is 0 Å². The summed E-state index contributed by atoms with van der Waals surface area (Å²) < 4.78 is 10.1. The fraction of sp³-hybridized carbons (Fsp3) is 0.385. The molecule has 18 heavy (non-hydrogen) atoms. The minimum atomic E-state index is -0.590. The third kappa shape index (κ3) is 4.45. The molecule has 1 rings (SSSR count). The van der Waals surface area contributed by atoms with Gasteiger partial charge >= 0.3 is 5.97 Å². The number of esters is 1. The molecule has 0 aromatic heterocycles. The maximum Gasteiger partial charge on any atom is 0.344 e. The molecule has 0 radical (unpaired) electrons. The summed E-state index contributed by atoms with van der Waals surface area (Å²) in [5.41, 5.74) is -0.236. The van der Waals surface area contributed by atoms with Gasteiger partial charge in [0.2, 0.25) is 0 Å². The lowest BCUT2D eigenvalue weighted by molar-refractivity contribution is -0.157. The number of rotatable bonds is 4. The first-order valence-electron chi connectivity index (χ1n) is 5.44. The normalized spacial score (nSPS) is 10.8. The van der Waals surface area contributed by atoms with Gasteiger partial charge in [-0.1, -0.05) is 0 Å². The van der Waals surface area contributed by atoms with E-state index in [4.69, 9.17) is 9.47 Å². The molecule has 0 unspecified atom stereocenters. The first-order chi connectivity index (χ1) is 8.31. The summed E-state index contributed by atoms with van der Waals surface area (Å²) in [5, 5.41) is 9.48. The summed E-state index contributed by atoms with van der Waals surface area (Å²) in [5.74, 6) is -0.604. The van der Waals surface area contributed by atoms with Crippen molar-refractivity contribution in [3.63, 3.8) is 0 Å². The summed E-state index contributed by atoms with van der Waals surface area (Å²) in [6, 6.07) is 4.13. The number of hydrogen-bond acceptors (Lipinski definition) is 5. The van der Waals surface area contributed by atoms with Gasteiger partial charge in [0.25, 0.3) is 0 Å². The molecule has 5 nitrogen and oxygen atoms in total. The van der Waals surface area contributed by atoms with Crippen LogP contribution in [0, 0.1) is 0 Å². The molecular formula is C13H16O5. The number of hydrogen-bond donors (Lipinski definition) is 1. The van der Waals surface area contributed by atoms with Crippen molar-refractivity contribution in [1.29, 1.82) is 0 Å². The highest BCUT2D eigenvalue weighted by Crippen LogP contribution is 2.26. The highest BCUT2D eigenvalue weighted by atomic mass is 16.6. The molecule has 5 heteroatoms. The minimum Gasteiger partial charge on any atom is -0.504 e. The Morgan fingerprint density at radius 2 is 2.06 bits per heavy atom. The van der Waals surface area contributed by atoms with Crippen LogP contribution in [0.5, 0.6) is 11.5 Å². The van der Waals surface area contributed by atoms with Gasteiger partial charge in [-0.3, -0.25) is 4.79 Å². The molecule has 0 saturated heterocycles. The van der Waals surface area contributed by atoms with Crippen LogP contribution in [0.25, 0.3) is 0 Å². The predicted molar refractivity (Wildman–Crippen MR) is 64.8 cm³/mol. The molecule has 1 N–H and O–H groups in total. The third-order valence-corrected chi connectivity index (χ3v) is 1.89. The van der Waals surface area contributed by atoms with E-state index in [0.29, 0.717) is 11.8 Å². The Hall–Kier alpha value is -2.04. The van der Waals surface area contributed by atoms with Crippen LogP contribution < -0.4 is 4.74 Å². The van der Waals surface area contributed by atoms with Crippen LogP contribution in [0.4, 0.5) is 0 Å². The number of phenolic OH excluding ortho intramolecular Hbond substituents is 1. The van der Waals surface area contributed by atoms with E-state index in [1.807, 2.05) is 0 Å². The van der Waals surface area contributed by atoms with Crippen molar-refractivity contribution in [1.82, 2.24) is 0 Å². The summed E-state index contributed by atoms with van der Waals surface area (Å²) in [4.78, 5) is 22.0. The number of ether oxygens (including phenoxy) is 2. The lowest BCUT2D eigenvalue weighted by Crippen LogP contribution is -2.27. The van der Waals surface area contributed by atoms with E-state index in [2.05, 4.69) is 0 Å². The zero-order valence-electron chi connectivity index (χ0n) is 10.6. The van der Waals surface area contributed by atoms with Crippen LogP contribution in [0.3, 0.4) is 0 Å². The van der Waals surface area contributed by atoms with Crippen molar-refractivity contribution in [3.8, 4) is 11.5 Å². The molecular weight excluding hydrogens is 236 g/mol. The summed E-state index contributed by atoms with van der Waals surface area (Å²) in [6.45, 7) is 4.91. The van der Waals surface area contributed by atoms with Crippen molar-refractivity contribution < 1.29 is 24.2 Å². The summed E-state index contributed by atoms with van der Waals surface area (Å²) >= 11 is 0. The van der Waals surface area contributed by atoms with Crippen LogP contribution in [-0.4, -0.2) is 29.6 Å². The number of carbonyl (C=O) groups is 2. The highest BCUT2D eigenvalue weighted by molar-refractivity contribution is 5.76. The molecule has 0 aliphatic rings. The largest absolute Gasteiger partial charge is 0.504 e. The van der Waals surface area contributed by atoms with Crippen LogP contribution in [0.2, 0.25) is 0 Å². The maximum atomic E-state index is 11.4. The Morgan fingerprint density at radius 1 is 1.39 bits per heavy atom. The summed E-state index contributed by atoms with van der Waals surface area (Å²) in [7, 11) is 0. The minimum absolute atomic E-state index is 0.0745. The van der Waals surface area contributed by atoms with Gasteiger partial charge in [-0.2, -0.15) is 0 Å². The van der Waals surface area contributed by atoms with Crippen molar-refractivity contribution in [2.45, 2.75) is 26.4 Å². The zero-order chi connectivity index (χ0) is 13.8. The standard InChI is InChI=1S/C13H16O5/c1-13(2,3)18-12(16)8-17-11-6-9(7-14)4-5-10(11)15/h4-7,15H,8H2,1-3H3. The molecule has 0 bridgehead atoms.